The first-order chi connectivity index (χ1) is 8.68. The van der Waals surface area contributed by atoms with Crippen molar-refractivity contribution in [2.45, 2.75) is 0 Å². The van der Waals surface area contributed by atoms with Crippen LogP contribution in [0.25, 0.3) is 16.7 Å². The van der Waals surface area contributed by atoms with Gasteiger partial charge >= 0.3 is 5.69 Å². The lowest BCUT2D eigenvalue weighted by molar-refractivity contribution is 0.845. The van der Waals surface area contributed by atoms with Crippen molar-refractivity contribution in [1.29, 1.82) is 0 Å². The average Bonchev–Trinajstić information content (AvgIpc) is 2.64. The third-order valence-electron chi connectivity index (χ3n) is 3.01. The summed E-state index contributed by atoms with van der Waals surface area (Å²) in [6.45, 7) is 0. The minimum Gasteiger partial charge on any atom is -0.399 e. The molecule has 0 atom stereocenters. The Labute approximate surface area is 103 Å². The lowest BCUT2D eigenvalue weighted by atomic mass is 10.3. The van der Waals surface area contributed by atoms with Gasteiger partial charge < -0.3 is 5.73 Å². The number of anilines is 1. The van der Waals surface area contributed by atoms with Crippen molar-refractivity contribution in [1.82, 2.24) is 14.1 Å². The number of nitrogens with two attached hydrogens (primary N) is 1. The lowest BCUT2D eigenvalue weighted by Crippen LogP contribution is -2.20. The normalized spacial score (nSPS) is 10.9. The maximum atomic E-state index is 12.2. The van der Waals surface area contributed by atoms with Gasteiger partial charge in [-0.3, -0.25) is 14.1 Å². The molecule has 0 saturated carbocycles. The van der Waals surface area contributed by atoms with E-state index >= 15 is 0 Å². The van der Waals surface area contributed by atoms with E-state index in [9.17, 15) is 4.79 Å². The molecular weight excluding hydrogens is 228 g/mol. The number of aryl methyl sites for hydroxylation is 1. The van der Waals surface area contributed by atoms with Gasteiger partial charge in [0.2, 0.25) is 0 Å². The number of fused-ring (bicyclic) bond motifs is 1. The SMILES string of the molecule is Cn1c(=O)n(-c2ccc(N)cc2)c2ccncc21. The van der Waals surface area contributed by atoms with E-state index in [1.54, 1.807) is 40.7 Å². The third-order valence-corrected chi connectivity index (χ3v) is 3.01. The maximum absolute atomic E-state index is 12.2. The number of nitrogens with zero attached hydrogens (tertiary/aromatic N) is 3. The molecule has 1 aromatic carbocycles. The van der Waals surface area contributed by atoms with Gasteiger partial charge in [0.15, 0.2) is 0 Å². The highest BCUT2D eigenvalue weighted by molar-refractivity contribution is 5.77. The van der Waals surface area contributed by atoms with Crippen LogP contribution < -0.4 is 11.4 Å². The molecule has 0 aliphatic carbocycles. The molecule has 0 amide bonds. The van der Waals surface area contributed by atoms with E-state index in [0.29, 0.717) is 5.69 Å². The fourth-order valence-corrected chi connectivity index (χ4v) is 2.06. The Morgan fingerprint density at radius 3 is 2.56 bits per heavy atom. The Morgan fingerprint density at radius 2 is 1.83 bits per heavy atom. The van der Waals surface area contributed by atoms with Crippen LogP contribution in [0.1, 0.15) is 0 Å². The fraction of sp³-hybridized carbons (Fsp3) is 0.0769. The average molecular weight is 240 g/mol. The Kier molecular flexibility index (Phi) is 2.19. The molecule has 5 nitrogen and oxygen atoms in total. The molecule has 0 saturated heterocycles. The van der Waals surface area contributed by atoms with Crippen molar-refractivity contribution in [3.8, 4) is 5.69 Å². The first-order valence-corrected chi connectivity index (χ1v) is 5.56. The molecule has 0 radical (unpaired) electrons. The molecule has 0 unspecified atom stereocenters. The van der Waals surface area contributed by atoms with Crippen LogP contribution in [-0.4, -0.2) is 14.1 Å². The number of hydrogen-bond acceptors (Lipinski definition) is 3. The van der Waals surface area contributed by atoms with E-state index in [2.05, 4.69) is 4.98 Å². The van der Waals surface area contributed by atoms with Crippen LogP contribution in [-0.2, 0) is 7.05 Å². The lowest BCUT2D eigenvalue weighted by Gasteiger charge is -2.03. The third kappa shape index (κ3) is 1.41. The Bertz CT molecular complexity index is 768. The zero-order valence-electron chi connectivity index (χ0n) is 9.87. The van der Waals surface area contributed by atoms with Crippen molar-refractivity contribution < 1.29 is 0 Å². The molecular formula is C13H12N4O. The smallest absolute Gasteiger partial charge is 0.333 e. The number of pyridine rings is 1. The highest BCUT2D eigenvalue weighted by Crippen LogP contribution is 2.16. The first kappa shape index (κ1) is 10.6. The van der Waals surface area contributed by atoms with Gasteiger partial charge in [0.05, 0.1) is 22.9 Å². The van der Waals surface area contributed by atoms with Crippen LogP contribution in [0.15, 0.2) is 47.5 Å². The van der Waals surface area contributed by atoms with Gasteiger partial charge in [-0.1, -0.05) is 0 Å². The van der Waals surface area contributed by atoms with Gasteiger partial charge in [0, 0.05) is 18.9 Å². The molecule has 0 bridgehead atoms. The molecule has 0 aliphatic rings. The summed E-state index contributed by atoms with van der Waals surface area (Å²) in [5, 5.41) is 0. The highest BCUT2D eigenvalue weighted by atomic mass is 16.1. The molecule has 2 N–H and O–H groups in total. The predicted octanol–water partition coefficient (Wildman–Crippen LogP) is 1.31. The van der Waals surface area contributed by atoms with Crippen LogP contribution in [0.4, 0.5) is 5.69 Å². The summed E-state index contributed by atoms with van der Waals surface area (Å²) in [6.07, 6.45) is 3.36. The largest absolute Gasteiger partial charge is 0.399 e. The number of hydrogen-bond donors (Lipinski definition) is 1. The second-order valence-electron chi connectivity index (χ2n) is 4.13. The minimum atomic E-state index is -0.0947. The molecule has 0 aliphatic heterocycles. The Hall–Kier alpha value is -2.56. The summed E-state index contributed by atoms with van der Waals surface area (Å²) < 4.78 is 3.23. The van der Waals surface area contributed by atoms with E-state index in [1.165, 1.54) is 0 Å². The van der Waals surface area contributed by atoms with Crippen LogP contribution in [0.2, 0.25) is 0 Å². The van der Waals surface area contributed by atoms with E-state index in [-0.39, 0.29) is 5.69 Å². The van der Waals surface area contributed by atoms with Gasteiger partial charge in [-0.25, -0.2) is 4.79 Å². The summed E-state index contributed by atoms with van der Waals surface area (Å²) in [5.74, 6) is 0. The van der Waals surface area contributed by atoms with Crippen molar-refractivity contribution in [2.24, 2.45) is 7.05 Å². The molecule has 5 heteroatoms. The summed E-state index contributed by atoms with van der Waals surface area (Å²) in [4.78, 5) is 16.3. The minimum absolute atomic E-state index is 0.0947. The van der Waals surface area contributed by atoms with Crippen molar-refractivity contribution in [2.75, 3.05) is 5.73 Å². The fourth-order valence-electron chi connectivity index (χ4n) is 2.06. The molecule has 0 fully saturated rings. The number of nitrogen functional groups attached to an aromatic ring is 1. The number of rotatable bonds is 1. The topological polar surface area (TPSA) is 65.8 Å². The van der Waals surface area contributed by atoms with Crippen LogP contribution in [0, 0.1) is 0 Å². The van der Waals surface area contributed by atoms with Crippen molar-refractivity contribution >= 4 is 16.7 Å². The summed E-state index contributed by atoms with van der Waals surface area (Å²) in [5.41, 5.74) is 8.68. The molecule has 0 spiro atoms. The van der Waals surface area contributed by atoms with E-state index in [4.69, 9.17) is 5.73 Å². The molecule has 90 valence electrons. The molecule has 3 rings (SSSR count). The quantitative estimate of drug-likeness (QED) is 0.652. The molecule has 18 heavy (non-hydrogen) atoms. The maximum Gasteiger partial charge on any atom is 0.333 e. The Morgan fingerprint density at radius 1 is 1.11 bits per heavy atom. The first-order valence-electron chi connectivity index (χ1n) is 5.56. The summed E-state index contributed by atoms with van der Waals surface area (Å²) in [6, 6.07) is 9.05. The van der Waals surface area contributed by atoms with Gasteiger partial charge in [0.1, 0.15) is 0 Å². The van der Waals surface area contributed by atoms with Crippen molar-refractivity contribution in [3.05, 3.63) is 53.2 Å². The predicted molar refractivity (Wildman–Crippen MR) is 70.7 cm³/mol. The van der Waals surface area contributed by atoms with E-state index < -0.39 is 0 Å². The van der Waals surface area contributed by atoms with Crippen LogP contribution in [0.3, 0.4) is 0 Å². The molecule has 3 aromatic rings. The summed E-state index contributed by atoms with van der Waals surface area (Å²) >= 11 is 0. The van der Waals surface area contributed by atoms with Crippen molar-refractivity contribution in [3.63, 3.8) is 0 Å². The van der Waals surface area contributed by atoms with E-state index in [1.807, 2.05) is 18.2 Å². The zero-order valence-corrected chi connectivity index (χ0v) is 9.87. The highest BCUT2D eigenvalue weighted by Gasteiger charge is 2.11. The van der Waals surface area contributed by atoms with Crippen LogP contribution in [0.5, 0.6) is 0 Å². The van der Waals surface area contributed by atoms with Gasteiger partial charge in [-0.2, -0.15) is 0 Å². The van der Waals surface area contributed by atoms with Crippen LogP contribution >= 0.6 is 0 Å². The number of aromatic nitrogens is 3. The monoisotopic (exact) mass is 240 g/mol. The number of benzene rings is 1. The molecule has 2 aromatic heterocycles. The zero-order chi connectivity index (χ0) is 12.7. The Balaban J connectivity index is 2.39. The van der Waals surface area contributed by atoms with Gasteiger partial charge in [-0.05, 0) is 30.3 Å². The summed E-state index contributed by atoms with van der Waals surface area (Å²) in [7, 11) is 1.74. The van der Waals surface area contributed by atoms with Gasteiger partial charge in [0.25, 0.3) is 0 Å². The van der Waals surface area contributed by atoms with E-state index in [0.717, 1.165) is 16.7 Å². The standard InChI is InChI=1S/C13H12N4O/c1-16-12-8-15-7-6-11(12)17(13(16)18)10-4-2-9(14)3-5-10/h2-8H,14H2,1H3. The number of imidazole rings is 1. The van der Waals surface area contributed by atoms with Gasteiger partial charge in [-0.15, -0.1) is 0 Å². The molecule has 2 heterocycles. The second-order valence-corrected chi connectivity index (χ2v) is 4.13. The second kappa shape index (κ2) is 3.73.